The maximum atomic E-state index is 14.2. The van der Waals surface area contributed by atoms with E-state index in [4.69, 9.17) is 5.73 Å². The molecule has 0 spiro atoms. The lowest BCUT2D eigenvalue weighted by Gasteiger charge is -2.29. The molecule has 0 fully saturated rings. The number of benzene rings is 4. The minimum absolute atomic E-state index is 0.00875. The highest BCUT2D eigenvalue weighted by molar-refractivity contribution is 5.95. The second-order valence-corrected chi connectivity index (χ2v) is 15.3. The minimum Gasteiger partial charge on any atom is -0.508 e. The molecule has 0 radical (unpaired) electrons. The summed E-state index contributed by atoms with van der Waals surface area (Å²) in [5, 5.41) is 22.9. The lowest BCUT2D eigenvalue weighted by molar-refractivity contribution is -0.133. The third-order valence-electron chi connectivity index (χ3n) is 10.4. The van der Waals surface area contributed by atoms with Crippen LogP contribution in [-0.2, 0) is 49.8 Å². The van der Waals surface area contributed by atoms with Gasteiger partial charge in [0.05, 0.1) is 12.6 Å². The van der Waals surface area contributed by atoms with Gasteiger partial charge in [-0.25, -0.2) is 9.80 Å². The van der Waals surface area contributed by atoms with Gasteiger partial charge < -0.3 is 37.1 Å². The first-order valence-electron chi connectivity index (χ1n) is 20.8. The van der Waals surface area contributed by atoms with Gasteiger partial charge >= 0.3 is 6.03 Å². The summed E-state index contributed by atoms with van der Waals surface area (Å²) >= 11 is 0. The number of aromatic nitrogens is 1. The van der Waals surface area contributed by atoms with Crippen molar-refractivity contribution in [1.82, 2.24) is 36.7 Å². The molecule has 5 rings (SSSR count). The molecule has 0 saturated heterocycles. The molecular weight excluding hydrogens is 789 g/mol. The number of phenolic OH excluding ortho intramolecular Hbond substituents is 1. The average Bonchev–Trinajstić information content (AvgIpc) is 3.68. The SMILES string of the molecule is CC(=O)[C@H](CCCCN)NC(=O)[C@@H](Cc1ccccc1)NC(=O)N(Cc1ccc(O)cc1)NC(=O)[C@H](C)NC(=O)[C@@H](Cc1c[nH]c2ccccc12)NC(=O)CCc1ccccc1. The van der Waals surface area contributed by atoms with Gasteiger partial charge in [0.15, 0.2) is 5.78 Å². The second kappa shape index (κ2) is 23.1. The fourth-order valence-corrected chi connectivity index (χ4v) is 6.88. The number of nitrogens with zero attached hydrogens (tertiary/aromatic N) is 1. The molecule has 4 aromatic carbocycles. The number of para-hydroxylation sites is 1. The lowest BCUT2D eigenvalue weighted by atomic mass is 10.0. The van der Waals surface area contributed by atoms with E-state index in [1.165, 1.54) is 26.0 Å². The summed E-state index contributed by atoms with van der Waals surface area (Å²) in [5.74, 6) is -2.58. The molecule has 1 aromatic heterocycles. The Bertz CT molecular complexity index is 2270. The number of hydrogen-bond acceptors (Lipinski definition) is 8. The van der Waals surface area contributed by atoms with Crippen molar-refractivity contribution in [2.45, 2.75) is 89.5 Å². The molecule has 62 heavy (non-hydrogen) atoms. The van der Waals surface area contributed by atoms with Crippen LogP contribution in [0, 0.1) is 0 Å². The molecule has 0 aliphatic carbocycles. The van der Waals surface area contributed by atoms with Gasteiger partial charge in [-0.3, -0.25) is 29.4 Å². The van der Waals surface area contributed by atoms with Gasteiger partial charge in [-0.05, 0) is 86.5 Å². The van der Waals surface area contributed by atoms with Crippen molar-refractivity contribution in [3.63, 3.8) is 0 Å². The highest BCUT2D eigenvalue weighted by Gasteiger charge is 2.30. The average molecular weight is 845 g/mol. The fourth-order valence-electron chi connectivity index (χ4n) is 6.88. The van der Waals surface area contributed by atoms with Gasteiger partial charge in [0.2, 0.25) is 17.7 Å². The zero-order valence-corrected chi connectivity index (χ0v) is 35.1. The maximum Gasteiger partial charge on any atom is 0.337 e. The Balaban J connectivity index is 1.33. The summed E-state index contributed by atoms with van der Waals surface area (Å²) in [6.45, 7) is 3.07. The van der Waals surface area contributed by atoms with Crippen molar-refractivity contribution >= 4 is 46.3 Å². The molecule has 0 unspecified atom stereocenters. The van der Waals surface area contributed by atoms with E-state index in [0.29, 0.717) is 37.8 Å². The van der Waals surface area contributed by atoms with Crippen LogP contribution in [0.4, 0.5) is 4.79 Å². The van der Waals surface area contributed by atoms with Crippen LogP contribution in [0.3, 0.4) is 0 Å². The van der Waals surface area contributed by atoms with Crippen molar-refractivity contribution < 1.29 is 33.9 Å². The van der Waals surface area contributed by atoms with E-state index in [1.54, 1.807) is 42.6 Å². The monoisotopic (exact) mass is 844 g/mol. The second-order valence-electron chi connectivity index (χ2n) is 15.3. The number of nitrogens with two attached hydrogens (primary N) is 1. The summed E-state index contributed by atoms with van der Waals surface area (Å²) < 4.78 is 0. The van der Waals surface area contributed by atoms with Crippen molar-refractivity contribution in [2.75, 3.05) is 6.54 Å². The molecule has 9 N–H and O–H groups in total. The van der Waals surface area contributed by atoms with Crippen LogP contribution >= 0.6 is 0 Å². The first kappa shape index (κ1) is 46.1. The van der Waals surface area contributed by atoms with Crippen molar-refractivity contribution in [1.29, 1.82) is 0 Å². The third-order valence-corrected chi connectivity index (χ3v) is 10.4. The van der Waals surface area contributed by atoms with Gasteiger partial charge in [0.1, 0.15) is 23.9 Å². The Morgan fingerprint density at radius 3 is 1.98 bits per heavy atom. The first-order valence-corrected chi connectivity index (χ1v) is 20.8. The molecule has 326 valence electrons. The number of fused-ring (bicyclic) bond motifs is 1. The maximum absolute atomic E-state index is 14.2. The molecule has 15 nitrogen and oxygen atoms in total. The lowest BCUT2D eigenvalue weighted by Crippen LogP contribution is -2.60. The molecular formula is C47H56N8O7. The van der Waals surface area contributed by atoms with Gasteiger partial charge in [0.25, 0.3) is 5.91 Å². The Morgan fingerprint density at radius 2 is 1.31 bits per heavy atom. The summed E-state index contributed by atoms with van der Waals surface area (Å²) in [5.41, 5.74) is 12.1. The molecule has 4 atom stereocenters. The number of rotatable bonds is 21. The van der Waals surface area contributed by atoms with Crippen LogP contribution in [0.25, 0.3) is 10.9 Å². The Kier molecular flexibility index (Phi) is 17.2. The molecule has 0 aliphatic heterocycles. The number of phenols is 1. The van der Waals surface area contributed by atoms with E-state index in [1.807, 2.05) is 60.7 Å². The summed E-state index contributed by atoms with van der Waals surface area (Å²) in [6.07, 6.45) is 4.22. The Labute approximate surface area is 361 Å². The smallest absolute Gasteiger partial charge is 0.337 e. The summed E-state index contributed by atoms with van der Waals surface area (Å²) in [7, 11) is 0. The molecule has 0 aliphatic rings. The van der Waals surface area contributed by atoms with Crippen LogP contribution in [0.1, 0.15) is 61.8 Å². The number of aromatic amines is 1. The number of carbonyl (C=O) groups is 6. The molecule has 6 amide bonds. The number of urea groups is 1. The van der Waals surface area contributed by atoms with E-state index in [0.717, 1.165) is 32.6 Å². The number of hydrazine groups is 1. The number of carbonyl (C=O) groups excluding carboxylic acids is 6. The fraction of sp³-hybridized carbons (Fsp3) is 0.319. The van der Waals surface area contributed by atoms with Crippen LogP contribution in [0.2, 0.25) is 0 Å². The van der Waals surface area contributed by atoms with Crippen LogP contribution in [0.15, 0.2) is 115 Å². The molecule has 1 heterocycles. The largest absolute Gasteiger partial charge is 0.508 e. The molecule has 0 bridgehead atoms. The topological polar surface area (TPSA) is 228 Å². The van der Waals surface area contributed by atoms with E-state index in [-0.39, 0.29) is 43.2 Å². The molecule has 0 saturated carbocycles. The number of hydrogen-bond donors (Lipinski definition) is 8. The van der Waals surface area contributed by atoms with Crippen molar-refractivity contribution in [2.24, 2.45) is 5.73 Å². The van der Waals surface area contributed by atoms with E-state index in [9.17, 15) is 33.9 Å². The summed E-state index contributed by atoms with van der Waals surface area (Å²) in [4.78, 5) is 84.8. The number of ketones is 1. The first-order chi connectivity index (χ1) is 29.9. The minimum atomic E-state index is -1.21. The Morgan fingerprint density at radius 1 is 0.677 bits per heavy atom. The number of aromatic hydroxyl groups is 1. The van der Waals surface area contributed by atoms with Gasteiger partial charge in [-0.1, -0.05) is 91.0 Å². The van der Waals surface area contributed by atoms with Gasteiger partial charge in [0, 0.05) is 36.4 Å². The zero-order chi connectivity index (χ0) is 44.4. The van der Waals surface area contributed by atoms with Gasteiger partial charge in [-0.2, -0.15) is 0 Å². The quantitative estimate of drug-likeness (QED) is 0.0396. The number of aryl methyl sites for hydroxylation is 1. The van der Waals surface area contributed by atoms with E-state index in [2.05, 4.69) is 31.7 Å². The molecule has 5 aromatic rings. The normalized spacial score (nSPS) is 12.9. The standard InChI is InChI=1S/C47H56N8O7/c1-31(50-45(60)42(28-36-29-49-40-19-10-9-17-38(36)40)51-43(58)25-22-33-13-5-3-6-14-33)44(59)54-55(30-35-20-23-37(57)24-21-35)47(62)53-41(27-34-15-7-4-8-16-34)46(61)52-39(32(2)56)18-11-12-26-48/h3-10,13-17,19-21,23-24,29,31,39,41-42,49,57H,11-12,18,22,25-28,30,48H2,1-2H3,(H,50,60)(H,51,58)(H,52,61)(H,53,62)(H,54,59)/t31-,39-,41+,42+/m0/s1. The van der Waals surface area contributed by atoms with E-state index < -0.39 is 47.9 Å². The summed E-state index contributed by atoms with van der Waals surface area (Å²) in [6, 6.07) is 27.0. The van der Waals surface area contributed by atoms with Crippen LogP contribution < -0.4 is 32.4 Å². The zero-order valence-electron chi connectivity index (χ0n) is 35.1. The van der Waals surface area contributed by atoms with E-state index >= 15 is 0 Å². The number of unbranched alkanes of at least 4 members (excludes halogenated alkanes) is 1. The van der Waals surface area contributed by atoms with Crippen molar-refractivity contribution in [3.05, 3.63) is 138 Å². The number of Topliss-reactive ketones (excluding diaryl/α,β-unsaturated/α-hetero) is 1. The van der Waals surface area contributed by atoms with Crippen LogP contribution in [-0.4, -0.2) is 81.3 Å². The van der Waals surface area contributed by atoms with Gasteiger partial charge in [-0.15, -0.1) is 0 Å². The predicted molar refractivity (Wildman–Crippen MR) is 236 cm³/mol. The number of H-pyrrole nitrogens is 1. The Hall–Kier alpha value is -7.00. The third kappa shape index (κ3) is 14.0. The van der Waals surface area contributed by atoms with Crippen molar-refractivity contribution in [3.8, 4) is 5.75 Å². The highest BCUT2D eigenvalue weighted by Crippen LogP contribution is 2.20. The molecule has 15 heteroatoms. The highest BCUT2D eigenvalue weighted by atomic mass is 16.3. The number of amides is 6. The number of nitrogens with one attached hydrogen (secondary N) is 6. The van der Waals surface area contributed by atoms with Crippen LogP contribution in [0.5, 0.6) is 5.75 Å². The predicted octanol–water partition coefficient (Wildman–Crippen LogP) is 4.10.